The topological polar surface area (TPSA) is 96.2 Å². The SMILES string of the molecule is O=C(Nc1ccccc1)N1CCN(C(=O)c2ccc(-n3cnnn3)cc2)CC1. The number of aromatic nitrogens is 4. The number of carbonyl (C=O) groups is 2. The molecule has 2 aromatic carbocycles. The Hall–Kier alpha value is -3.75. The fourth-order valence-corrected chi connectivity index (χ4v) is 3.06. The van der Waals surface area contributed by atoms with Gasteiger partial charge in [-0.25, -0.2) is 9.48 Å². The molecule has 1 aromatic heterocycles. The quantitative estimate of drug-likeness (QED) is 0.749. The second-order valence-electron chi connectivity index (χ2n) is 6.38. The number of rotatable bonds is 3. The van der Waals surface area contributed by atoms with Crippen LogP contribution < -0.4 is 5.32 Å². The average Bonchev–Trinajstić information content (AvgIpc) is 3.29. The Balaban J connectivity index is 1.33. The van der Waals surface area contributed by atoms with Crippen LogP contribution in [0.5, 0.6) is 0 Å². The number of para-hydroxylation sites is 1. The maximum atomic E-state index is 12.7. The summed E-state index contributed by atoms with van der Waals surface area (Å²) in [5.41, 5.74) is 2.14. The summed E-state index contributed by atoms with van der Waals surface area (Å²) in [6, 6.07) is 16.3. The van der Waals surface area contributed by atoms with Crippen molar-refractivity contribution < 1.29 is 9.59 Å². The van der Waals surface area contributed by atoms with E-state index >= 15 is 0 Å². The normalized spacial score (nSPS) is 14.0. The fourth-order valence-electron chi connectivity index (χ4n) is 3.06. The molecular weight excluding hydrogens is 358 g/mol. The van der Waals surface area contributed by atoms with E-state index in [0.29, 0.717) is 31.7 Å². The highest BCUT2D eigenvalue weighted by atomic mass is 16.2. The molecule has 0 saturated carbocycles. The summed E-state index contributed by atoms with van der Waals surface area (Å²) < 4.78 is 1.53. The molecule has 3 aromatic rings. The molecular formula is C19H19N7O2. The van der Waals surface area contributed by atoms with Crippen molar-refractivity contribution in [3.63, 3.8) is 0 Å². The van der Waals surface area contributed by atoms with E-state index in [9.17, 15) is 9.59 Å². The summed E-state index contributed by atoms with van der Waals surface area (Å²) in [4.78, 5) is 28.6. The predicted molar refractivity (Wildman–Crippen MR) is 102 cm³/mol. The van der Waals surface area contributed by atoms with Crippen LogP contribution in [0.2, 0.25) is 0 Å². The van der Waals surface area contributed by atoms with Crippen molar-refractivity contribution in [1.29, 1.82) is 0 Å². The lowest BCUT2D eigenvalue weighted by Crippen LogP contribution is -2.51. The number of hydrogen-bond acceptors (Lipinski definition) is 5. The van der Waals surface area contributed by atoms with Gasteiger partial charge in [0.05, 0.1) is 5.69 Å². The zero-order valence-corrected chi connectivity index (χ0v) is 15.1. The number of anilines is 1. The Morgan fingerprint density at radius 2 is 1.54 bits per heavy atom. The van der Waals surface area contributed by atoms with Crippen LogP contribution in [0.3, 0.4) is 0 Å². The molecule has 0 aliphatic carbocycles. The molecule has 1 saturated heterocycles. The first-order valence-electron chi connectivity index (χ1n) is 8.94. The van der Waals surface area contributed by atoms with Crippen molar-refractivity contribution in [3.05, 3.63) is 66.5 Å². The molecule has 0 spiro atoms. The highest BCUT2D eigenvalue weighted by molar-refractivity contribution is 5.95. The Kier molecular flexibility index (Phi) is 4.96. The van der Waals surface area contributed by atoms with E-state index in [1.807, 2.05) is 30.3 Å². The maximum Gasteiger partial charge on any atom is 0.321 e. The van der Waals surface area contributed by atoms with E-state index in [1.54, 1.807) is 34.1 Å². The van der Waals surface area contributed by atoms with E-state index in [4.69, 9.17) is 0 Å². The molecule has 1 N–H and O–H groups in total. The number of amides is 3. The molecule has 1 aliphatic rings. The van der Waals surface area contributed by atoms with Gasteiger partial charge in [-0.1, -0.05) is 18.2 Å². The zero-order chi connectivity index (χ0) is 19.3. The monoisotopic (exact) mass is 377 g/mol. The lowest BCUT2D eigenvalue weighted by atomic mass is 10.1. The van der Waals surface area contributed by atoms with Gasteiger partial charge in [-0.05, 0) is 46.8 Å². The van der Waals surface area contributed by atoms with Crippen molar-refractivity contribution in [2.45, 2.75) is 0 Å². The van der Waals surface area contributed by atoms with E-state index < -0.39 is 0 Å². The highest BCUT2D eigenvalue weighted by Gasteiger charge is 2.25. The van der Waals surface area contributed by atoms with Crippen LogP contribution in [-0.4, -0.2) is 68.1 Å². The van der Waals surface area contributed by atoms with Gasteiger partial charge in [-0.15, -0.1) is 5.10 Å². The highest BCUT2D eigenvalue weighted by Crippen LogP contribution is 2.13. The Labute approximate surface area is 161 Å². The van der Waals surface area contributed by atoms with E-state index in [1.165, 1.54) is 11.0 Å². The summed E-state index contributed by atoms with van der Waals surface area (Å²) in [6.45, 7) is 1.98. The van der Waals surface area contributed by atoms with Gasteiger partial charge in [-0.3, -0.25) is 4.79 Å². The van der Waals surface area contributed by atoms with Crippen LogP contribution in [0.4, 0.5) is 10.5 Å². The number of benzene rings is 2. The Morgan fingerprint density at radius 1 is 0.857 bits per heavy atom. The lowest BCUT2D eigenvalue weighted by Gasteiger charge is -2.34. The van der Waals surface area contributed by atoms with Gasteiger partial charge in [0, 0.05) is 37.4 Å². The van der Waals surface area contributed by atoms with Gasteiger partial charge >= 0.3 is 6.03 Å². The number of nitrogens with one attached hydrogen (secondary N) is 1. The second kappa shape index (κ2) is 7.87. The molecule has 1 fully saturated rings. The van der Waals surface area contributed by atoms with Crippen molar-refractivity contribution in [2.75, 3.05) is 31.5 Å². The number of nitrogens with zero attached hydrogens (tertiary/aromatic N) is 6. The summed E-state index contributed by atoms with van der Waals surface area (Å²) in [6.07, 6.45) is 1.50. The molecule has 0 bridgehead atoms. The minimum absolute atomic E-state index is 0.0496. The minimum atomic E-state index is -0.149. The van der Waals surface area contributed by atoms with Gasteiger partial charge in [0.2, 0.25) is 0 Å². The Morgan fingerprint density at radius 3 is 2.18 bits per heavy atom. The fraction of sp³-hybridized carbons (Fsp3) is 0.211. The van der Waals surface area contributed by atoms with Crippen molar-refractivity contribution in [3.8, 4) is 5.69 Å². The third kappa shape index (κ3) is 3.83. The van der Waals surface area contributed by atoms with E-state index in [-0.39, 0.29) is 11.9 Å². The van der Waals surface area contributed by atoms with Crippen LogP contribution in [-0.2, 0) is 0 Å². The number of tetrazole rings is 1. The van der Waals surface area contributed by atoms with E-state index in [0.717, 1.165) is 11.4 Å². The molecule has 28 heavy (non-hydrogen) atoms. The smallest absolute Gasteiger partial charge is 0.321 e. The molecule has 0 radical (unpaired) electrons. The minimum Gasteiger partial charge on any atom is -0.335 e. The van der Waals surface area contributed by atoms with Crippen molar-refractivity contribution in [1.82, 2.24) is 30.0 Å². The van der Waals surface area contributed by atoms with Gasteiger partial charge in [0.15, 0.2) is 0 Å². The summed E-state index contributed by atoms with van der Waals surface area (Å²) in [5, 5.41) is 13.9. The first-order valence-corrected chi connectivity index (χ1v) is 8.94. The summed E-state index contributed by atoms with van der Waals surface area (Å²) in [7, 11) is 0. The molecule has 4 rings (SSSR count). The molecule has 2 heterocycles. The first-order chi connectivity index (χ1) is 13.7. The molecule has 9 nitrogen and oxygen atoms in total. The van der Waals surface area contributed by atoms with Gasteiger partial charge in [0.1, 0.15) is 6.33 Å². The number of piperazine rings is 1. The maximum absolute atomic E-state index is 12.7. The van der Waals surface area contributed by atoms with E-state index in [2.05, 4.69) is 20.8 Å². The summed E-state index contributed by atoms with van der Waals surface area (Å²) in [5.74, 6) is -0.0496. The number of carbonyl (C=O) groups excluding carboxylic acids is 2. The molecule has 142 valence electrons. The second-order valence-corrected chi connectivity index (χ2v) is 6.38. The lowest BCUT2D eigenvalue weighted by molar-refractivity contribution is 0.0671. The van der Waals surface area contributed by atoms with Crippen molar-refractivity contribution in [2.24, 2.45) is 0 Å². The van der Waals surface area contributed by atoms with Crippen LogP contribution in [0, 0.1) is 0 Å². The molecule has 0 unspecified atom stereocenters. The molecule has 3 amide bonds. The van der Waals surface area contributed by atoms with Crippen LogP contribution in [0.25, 0.3) is 5.69 Å². The molecule has 0 atom stereocenters. The summed E-state index contributed by atoms with van der Waals surface area (Å²) >= 11 is 0. The number of urea groups is 1. The average molecular weight is 377 g/mol. The van der Waals surface area contributed by atoms with Crippen molar-refractivity contribution >= 4 is 17.6 Å². The van der Waals surface area contributed by atoms with Gasteiger partial charge in [0.25, 0.3) is 5.91 Å². The first kappa shape index (κ1) is 17.7. The van der Waals surface area contributed by atoms with Gasteiger partial charge in [-0.2, -0.15) is 0 Å². The van der Waals surface area contributed by atoms with Crippen LogP contribution >= 0.6 is 0 Å². The third-order valence-corrected chi connectivity index (χ3v) is 4.61. The largest absolute Gasteiger partial charge is 0.335 e. The predicted octanol–water partition coefficient (Wildman–Crippen LogP) is 1.65. The molecule has 1 aliphatic heterocycles. The Bertz CT molecular complexity index is 934. The standard InChI is InChI=1S/C19H19N7O2/c27-18(15-6-8-17(9-7-15)26-14-20-22-23-26)24-10-12-25(13-11-24)19(28)21-16-4-2-1-3-5-16/h1-9,14H,10-13H2,(H,21,28). The van der Waals surface area contributed by atoms with Crippen LogP contribution in [0.15, 0.2) is 60.9 Å². The zero-order valence-electron chi connectivity index (χ0n) is 15.1. The third-order valence-electron chi connectivity index (χ3n) is 4.61. The molecule has 9 heteroatoms. The number of hydrogen-bond donors (Lipinski definition) is 1. The van der Waals surface area contributed by atoms with Gasteiger partial charge < -0.3 is 15.1 Å². The van der Waals surface area contributed by atoms with Crippen LogP contribution in [0.1, 0.15) is 10.4 Å².